The van der Waals surface area contributed by atoms with E-state index in [9.17, 15) is 4.79 Å². The van der Waals surface area contributed by atoms with E-state index in [-0.39, 0.29) is 6.54 Å². The van der Waals surface area contributed by atoms with Gasteiger partial charge in [-0.2, -0.15) is 0 Å². The highest BCUT2D eigenvalue weighted by molar-refractivity contribution is 6.36. The monoisotopic (exact) mass is 334 g/mol. The third kappa shape index (κ3) is 2.37. The highest BCUT2D eigenvalue weighted by Crippen LogP contribution is 2.33. The highest BCUT2D eigenvalue weighted by Gasteiger charge is 2.17. The fraction of sp³-hybridized carbons (Fsp3) is 0.133. The Labute approximate surface area is 136 Å². The van der Waals surface area contributed by atoms with Crippen molar-refractivity contribution < 1.29 is 4.79 Å². The molecule has 0 spiro atoms. The van der Waals surface area contributed by atoms with Crippen LogP contribution in [0.15, 0.2) is 24.4 Å². The average molecular weight is 335 g/mol. The summed E-state index contributed by atoms with van der Waals surface area (Å²) in [6.45, 7) is 2.14. The van der Waals surface area contributed by atoms with Crippen molar-refractivity contribution in [3.8, 4) is 11.3 Å². The molecule has 2 aromatic heterocycles. The number of halogens is 2. The first kappa shape index (κ1) is 15.0. The number of aromatic nitrogens is 3. The molecule has 0 bridgehead atoms. The Morgan fingerprint density at radius 1 is 1.32 bits per heavy atom. The summed E-state index contributed by atoms with van der Waals surface area (Å²) in [6.07, 6.45) is 2.30. The van der Waals surface area contributed by atoms with Gasteiger partial charge in [-0.05, 0) is 25.1 Å². The number of aldehydes is 1. The molecule has 0 fully saturated rings. The standard InChI is InChI=1S/C15H12Cl2N4O/c1-8-12(5-18)14(11-3-2-9(16)4-13(11)17)21-6-10(7-22)20-15(21)19-8/h2-4,6-7H,5,18H2,1H3. The van der Waals surface area contributed by atoms with Gasteiger partial charge in [0.2, 0.25) is 5.78 Å². The Kier molecular flexibility index (Phi) is 3.87. The SMILES string of the molecule is Cc1nc2nc(C=O)cn2c(-c2ccc(Cl)cc2Cl)c1CN. The Hall–Kier alpha value is -1.95. The number of carbonyl (C=O) groups is 1. The highest BCUT2D eigenvalue weighted by atomic mass is 35.5. The number of hydrogen-bond acceptors (Lipinski definition) is 4. The summed E-state index contributed by atoms with van der Waals surface area (Å²) in [5.41, 5.74) is 9.31. The Balaban J connectivity index is 2.43. The van der Waals surface area contributed by atoms with Crippen molar-refractivity contribution in [3.05, 3.63) is 51.4 Å². The van der Waals surface area contributed by atoms with Gasteiger partial charge in [0.1, 0.15) is 5.69 Å². The van der Waals surface area contributed by atoms with Crippen LogP contribution in [0.4, 0.5) is 0 Å². The zero-order chi connectivity index (χ0) is 15.9. The molecule has 0 saturated heterocycles. The molecule has 2 N–H and O–H groups in total. The minimum absolute atomic E-state index is 0.289. The van der Waals surface area contributed by atoms with Crippen molar-refractivity contribution in [1.29, 1.82) is 0 Å². The van der Waals surface area contributed by atoms with Gasteiger partial charge in [0.25, 0.3) is 0 Å². The number of benzene rings is 1. The van der Waals surface area contributed by atoms with Crippen LogP contribution in [0.3, 0.4) is 0 Å². The van der Waals surface area contributed by atoms with Gasteiger partial charge in [-0.25, -0.2) is 9.97 Å². The number of nitrogens with two attached hydrogens (primary N) is 1. The van der Waals surface area contributed by atoms with Crippen LogP contribution in [0.2, 0.25) is 10.0 Å². The van der Waals surface area contributed by atoms with Crippen molar-refractivity contribution in [2.75, 3.05) is 0 Å². The van der Waals surface area contributed by atoms with Gasteiger partial charge in [0.05, 0.1) is 10.7 Å². The zero-order valence-corrected chi connectivity index (χ0v) is 13.2. The quantitative estimate of drug-likeness (QED) is 0.746. The number of carbonyl (C=O) groups excluding carboxylic acids is 1. The molecular weight excluding hydrogens is 323 g/mol. The summed E-state index contributed by atoms with van der Waals surface area (Å²) in [5.74, 6) is 0.429. The molecule has 1 aromatic carbocycles. The first-order valence-electron chi connectivity index (χ1n) is 6.54. The maximum Gasteiger partial charge on any atom is 0.235 e. The lowest BCUT2D eigenvalue weighted by Crippen LogP contribution is -2.08. The fourth-order valence-electron chi connectivity index (χ4n) is 2.44. The van der Waals surface area contributed by atoms with Crippen LogP contribution in [0.1, 0.15) is 21.7 Å². The molecule has 0 atom stereocenters. The van der Waals surface area contributed by atoms with Crippen molar-refractivity contribution in [1.82, 2.24) is 14.4 Å². The Morgan fingerprint density at radius 3 is 2.73 bits per heavy atom. The number of rotatable bonds is 3. The van der Waals surface area contributed by atoms with E-state index in [1.54, 1.807) is 22.7 Å². The normalized spacial score (nSPS) is 11.1. The van der Waals surface area contributed by atoms with Gasteiger partial charge in [-0.15, -0.1) is 0 Å². The third-order valence-electron chi connectivity index (χ3n) is 3.45. The molecule has 5 nitrogen and oxygen atoms in total. The van der Waals surface area contributed by atoms with Crippen LogP contribution in [0.5, 0.6) is 0 Å². The summed E-state index contributed by atoms with van der Waals surface area (Å²) >= 11 is 12.3. The van der Waals surface area contributed by atoms with Gasteiger partial charge >= 0.3 is 0 Å². The summed E-state index contributed by atoms with van der Waals surface area (Å²) < 4.78 is 1.73. The summed E-state index contributed by atoms with van der Waals surface area (Å²) in [5, 5.41) is 1.04. The van der Waals surface area contributed by atoms with Crippen LogP contribution in [0.25, 0.3) is 17.0 Å². The predicted molar refractivity (Wildman–Crippen MR) is 86.5 cm³/mol. The van der Waals surface area contributed by atoms with E-state index in [1.807, 2.05) is 13.0 Å². The molecule has 0 radical (unpaired) electrons. The molecule has 0 aliphatic rings. The van der Waals surface area contributed by atoms with E-state index < -0.39 is 0 Å². The minimum Gasteiger partial charge on any atom is -0.326 e. The van der Waals surface area contributed by atoms with Crippen LogP contribution in [0, 0.1) is 6.92 Å². The van der Waals surface area contributed by atoms with E-state index in [1.165, 1.54) is 0 Å². The van der Waals surface area contributed by atoms with E-state index >= 15 is 0 Å². The van der Waals surface area contributed by atoms with E-state index in [0.29, 0.717) is 27.8 Å². The number of hydrogen-bond donors (Lipinski definition) is 1. The largest absolute Gasteiger partial charge is 0.326 e. The summed E-state index contributed by atoms with van der Waals surface area (Å²) in [4.78, 5) is 19.6. The van der Waals surface area contributed by atoms with Gasteiger partial charge in [0.15, 0.2) is 6.29 Å². The van der Waals surface area contributed by atoms with Crippen LogP contribution in [-0.2, 0) is 6.54 Å². The van der Waals surface area contributed by atoms with Crippen LogP contribution < -0.4 is 5.73 Å². The van der Waals surface area contributed by atoms with Gasteiger partial charge in [-0.1, -0.05) is 23.2 Å². The molecule has 0 unspecified atom stereocenters. The molecule has 22 heavy (non-hydrogen) atoms. The number of nitrogens with zero attached hydrogens (tertiary/aromatic N) is 3. The molecule has 0 aliphatic heterocycles. The molecule has 112 valence electrons. The first-order chi connectivity index (χ1) is 10.5. The van der Waals surface area contributed by atoms with Gasteiger partial charge in [0, 0.05) is 34.6 Å². The zero-order valence-electron chi connectivity index (χ0n) is 11.7. The number of fused-ring (bicyclic) bond motifs is 1. The maximum atomic E-state index is 11.0. The lowest BCUT2D eigenvalue weighted by atomic mass is 10.0. The van der Waals surface area contributed by atoms with Crippen LogP contribution in [-0.4, -0.2) is 20.7 Å². The maximum absolute atomic E-state index is 11.0. The molecule has 3 aromatic rings. The van der Waals surface area contributed by atoms with E-state index in [2.05, 4.69) is 9.97 Å². The second-order valence-electron chi connectivity index (χ2n) is 4.81. The van der Waals surface area contributed by atoms with Crippen LogP contribution >= 0.6 is 23.2 Å². The summed E-state index contributed by atoms with van der Waals surface area (Å²) in [7, 11) is 0. The number of aryl methyl sites for hydroxylation is 1. The third-order valence-corrected chi connectivity index (χ3v) is 4.00. The van der Waals surface area contributed by atoms with Crippen molar-refractivity contribution in [2.45, 2.75) is 13.5 Å². The Morgan fingerprint density at radius 2 is 2.09 bits per heavy atom. The molecule has 3 rings (SSSR count). The average Bonchev–Trinajstić information content (AvgIpc) is 2.89. The first-order valence-corrected chi connectivity index (χ1v) is 7.30. The Bertz CT molecular complexity index is 889. The topological polar surface area (TPSA) is 73.3 Å². The fourth-order valence-corrected chi connectivity index (χ4v) is 2.94. The number of imidazole rings is 1. The lowest BCUT2D eigenvalue weighted by Gasteiger charge is -2.14. The second kappa shape index (κ2) is 5.68. The molecule has 0 saturated carbocycles. The van der Waals surface area contributed by atoms with Crippen molar-refractivity contribution in [3.63, 3.8) is 0 Å². The van der Waals surface area contributed by atoms with Crippen molar-refractivity contribution >= 4 is 35.3 Å². The van der Waals surface area contributed by atoms with E-state index in [0.717, 1.165) is 22.5 Å². The minimum atomic E-state index is 0.289. The molecular formula is C15H12Cl2N4O. The lowest BCUT2D eigenvalue weighted by molar-refractivity contribution is 0.111. The predicted octanol–water partition coefficient (Wildman–Crippen LogP) is 3.28. The molecule has 0 amide bonds. The van der Waals surface area contributed by atoms with E-state index in [4.69, 9.17) is 28.9 Å². The van der Waals surface area contributed by atoms with Crippen molar-refractivity contribution in [2.24, 2.45) is 5.73 Å². The molecule has 0 aliphatic carbocycles. The second-order valence-corrected chi connectivity index (χ2v) is 5.65. The summed E-state index contributed by atoms with van der Waals surface area (Å²) in [6, 6.07) is 5.23. The smallest absolute Gasteiger partial charge is 0.235 e. The van der Waals surface area contributed by atoms with Gasteiger partial charge in [-0.3, -0.25) is 9.20 Å². The molecule has 2 heterocycles. The molecule has 7 heteroatoms. The van der Waals surface area contributed by atoms with Gasteiger partial charge < -0.3 is 5.73 Å².